The average Bonchev–Trinajstić information content (AvgIpc) is 2.25. The van der Waals surface area contributed by atoms with Crippen molar-refractivity contribution in [2.24, 2.45) is 0 Å². The number of aryl methyl sites for hydroxylation is 1. The smallest absolute Gasteiger partial charge is 0.405 e. The van der Waals surface area contributed by atoms with Crippen LogP contribution in [-0.2, 0) is 4.79 Å². The van der Waals surface area contributed by atoms with Crippen LogP contribution in [-0.4, -0.2) is 35.3 Å². The Morgan fingerprint density at radius 1 is 1.45 bits per heavy atom. The number of carboxylic acid groups (broad SMARTS) is 1. The second-order valence-electron chi connectivity index (χ2n) is 4.09. The van der Waals surface area contributed by atoms with E-state index in [4.69, 9.17) is 5.11 Å². The summed E-state index contributed by atoms with van der Waals surface area (Å²) in [5.41, 5.74) is -0.0754. The number of carboxylic acids is 1. The maximum Gasteiger partial charge on any atom is 0.405 e. The summed E-state index contributed by atoms with van der Waals surface area (Å²) in [4.78, 5) is 21.1. The zero-order valence-corrected chi connectivity index (χ0v) is 10.3. The maximum atomic E-state index is 12.4. The Morgan fingerprint density at radius 2 is 2.05 bits per heavy atom. The molecule has 9 heteroatoms. The molecule has 0 bridgehead atoms. The number of nitro groups is 1. The van der Waals surface area contributed by atoms with E-state index in [1.807, 2.05) is 0 Å². The Bertz CT molecular complexity index is 531. The van der Waals surface area contributed by atoms with Crippen LogP contribution in [0.1, 0.15) is 5.56 Å². The number of aliphatic carboxylic acids is 1. The van der Waals surface area contributed by atoms with Crippen molar-refractivity contribution >= 4 is 17.3 Å². The SMILES string of the molecule is Cc1cc([N+](=O)[O-])ccc1N(CC(=O)O)CC(F)(F)F. The summed E-state index contributed by atoms with van der Waals surface area (Å²) in [5, 5.41) is 19.2. The first kappa shape index (κ1) is 15.7. The fraction of sp³-hybridized carbons (Fsp3) is 0.364. The first-order valence-corrected chi connectivity index (χ1v) is 5.38. The van der Waals surface area contributed by atoms with Crippen molar-refractivity contribution in [2.75, 3.05) is 18.0 Å². The molecule has 0 fully saturated rings. The summed E-state index contributed by atoms with van der Waals surface area (Å²) in [6, 6.07) is 3.25. The van der Waals surface area contributed by atoms with Crippen LogP contribution in [0.5, 0.6) is 0 Å². The zero-order chi connectivity index (χ0) is 15.5. The lowest BCUT2D eigenvalue weighted by Crippen LogP contribution is -2.38. The number of halogens is 3. The molecule has 110 valence electrons. The molecule has 0 atom stereocenters. The van der Waals surface area contributed by atoms with Gasteiger partial charge in [0.25, 0.3) is 5.69 Å². The van der Waals surface area contributed by atoms with Gasteiger partial charge in [-0.15, -0.1) is 0 Å². The van der Waals surface area contributed by atoms with E-state index in [-0.39, 0.29) is 16.9 Å². The van der Waals surface area contributed by atoms with Crippen molar-refractivity contribution in [3.05, 3.63) is 33.9 Å². The van der Waals surface area contributed by atoms with Gasteiger partial charge in [0.05, 0.1) is 4.92 Å². The van der Waals surface area contributed by atoms with Crippen LogP contribution in [0.2, 0.25) is 0 Å². The number of rotatable bonds is 5. The van der Waals surface area contributed by atoms with Crippen molar-refractivity contribution in [2.45, 2.75) is 13.1 Å². The Kier molecular flexibility index (Phi) is 4.53. The molecular weight excluding hydrogens is 281 g/mol. The molecular formula is C11H11F3N2O4. The van der Waals surface area contributed by atoms with Crippen LogP contribution >= 0.6 is 0 Å². The zero-order valence-electron chi connectivity index (χ0n) is 10.3. The van der Waals surface area contributed by atoms with E-state index in [9.17, 15) is 28.1 Å². The van der Waals surface area contributed by atoms with Gasteiger partial charge >= 0.3 is 12.1 Å². The molecule has 0 amide bonds. The molecule has 0 aliphatic carbocycles. The van der Waals surface area contributed by atoms with E-state index in [1.54, 1.807) is 0 Å². The number of carbonyl (C=O) groups is 1. The highest BCUT2D eigenvalue weighted by atomic mass is 19.4. The van der Waals surface area contributed by atoms with Crippen LogP contribution in [0.3, 0.4) is 0 Å². The molecule has 0 radical (unpaired) electrons. The van der Waals surface area contributed by atoms with Crippen LogP contribution in [0, 0.1) is 17.0 Å². The number of benzene rings is 1. The topological polar surface area (TPSA) is 83.7 Å². The van der Waals surface area contributed by atoms with Gasteiger partial charge in [-0.05, 0) is 18.6 Å². The molecule has 1 aromatic rings. The third kappa shape index (κ3) is 4.41. The standard InChI is InChI=1S/C11H11F3N2O4/c1-7-4-8(16(19)20)2-3-9(7)15(5-10(17)18)6-11(12,13)14/h2-4H,5-6H2,1H3,(H,17,18). The van der Waals surface area contributed by atoms with Crippen LogP contribution in [0.4, 0.5) is 24.5 Å². The van der Waals surface area contributed by atoms with Gasteiger partial charge in [0.1, 0.15) is 13.1 Å². The van der Waals surface area contributed by atoms with Crippen LogP contribution in [0.25, 0.3) is 0 Å². The van der Waals surface area contributed by atoms with E-state index in [0.29, 0.717) is 4.90 Å². The highest BCUT2D eigenvalue weighted by Gasteiger charge is 2.32. The first-order chi connectivity index (χ1) is 9.10. The van der Waals surface area contributed by atoms with Gasteiger partial charge in [-0.25, -0.2) is 0 Å². The highest BCUT2D eigenvalue weighted by Crippen LogP contribution is 2.27. The second-order valence-corrected chi connectivity index (χ2v) is 4.09. The number of alkyl halides is 3. The summed E-state index contributed by atoms with van der Waals surface area (Å²) in [5.74, 6) is -1.42. The van der Waals surface area contributed by atoms with E-state index in [1.165, 1.54) is 6.92 Å². The molecule has 0 saturated carbocycles. The van der Waals surface area contributed by atoms with E-state index >= 15 is 0 Å². The summed E-state index contributed by atoms with van der Waals surface area (Å²) >= 11 is 0. The molecule has 0 saturated heterocycles. The molecule has 20 heavy (non-hydrogen) atoms. The van der Waals surface area contributed by atoms with Gasteiger partial charge in [0.2, 0.25) is 0 Å². The minimum absolute atomic E-state index is 0.00433. The number of anilines is 1. The predicted octanol–water partition coefficient (Wildman–Crippen LogP) is 2.36. The van der Waals surface area contributed by atoms with Crippen LogP contribution in [0.15, 0.2) is 18.2 Å². The van der Waals surface area contributed by atoms with E-state index in [0.717, 1.165) is 18.2 Å². The van der Waals surface area contributed by atoms with E-state index in [2.05, 4.69) is 0 Å². The molecule has 0 heterocycles. The predicted molar refractivity (Wildman–Crippen MR) is 63.7 cm³/mol. The molecule has 0 unspecified atom stereocenters. The molecule has 6 nitrogen and oxygen atoms in total. The largest absolute Gasteiger partial charge is 0.480 e. The molecule has 0 aliphatic rings. The van der Waals surface area contributed by atoms with Gasteiger partial charge in [-0.2, -0.15) is 13.2 Å². The number of nitrogens with zero attached hydrogens (tertiary/aromatic N) is 2. The van der Waals surface area contributed by atoms with Crippen molar-refractivity contribution < 1.29 is 28.0 Å². The number of nitro benzene ring substituents is 1. The quantitative estimate of drug-likeness (QED) is 0.665. The van der Waals surface area contributed by atoms with Gasteiger partial charge in [0.15, 0.2) is 0 Å². The van der Waals surface area contributed by atoms with Crippen LogP contribution < -0.4 is 4.90 Å². The number of hydrogen-bond acceptors (Lipinski definition) is 4. The second kappa shape index (κ2) is 5.76. The van der Waals surface area contributed by atoms with Crippen molar-refractivity contribution in [3.8, 4) is 0 Å². The summed E-state index contributed by atoms with van der Waals surface area (Å²) in [6.45, 7) is -0.913. The van der Waals surface area contributed by atoms with Gasteiger partial charge in [-0.1, -0.05) is 0 Å². The van der Waals surface area contributed by atoms with Crippen molar-refractivity contribution in [1.29, 1.82) is 0 Å². The van der Waals surface area contributed by atoms with Gasteiger partial charge in [0, 0.05) is 17.8 Å². The molecule has 1 rings (SSSR count). The van der Waals surface area contributed by atoms with Crippen molar-refractivity contribution in [1.82, 2.24) is 0 Å². The summed E-state index contributed by atoms with van der Waals surface area (Å²) < 4.78 is 37.3. The van der Waals surface area contributed by atoms with Gasteiger partial charge < -0.3 is 10.0 Å². The molecule has 1 aromatic carbocycles. The Labute approximate surface area is 111 Å². The maximum absolute atomic E-state index is 12.4. The lowest BCUT2D eigenvalue weighted by molar-refractivity contribution is -0.384. The number of non-ortho nitro benzene ring substituents is 1. The molecule has 0 aliphatic heterocycles. The third-order valence-corrected chi connectivity index (χ3v) is 2.43. The number of hydrogen-bond donors (Lipinski definition) is 1. The Hall–Kier alpha value is -2.32. The average molecular weight is 292 g/mol. The Balaban J connectivity index is 3.13. The molecule has 0 spiro atoms. The normalized spacial score (nSPS) is 11.2. The minimum atomic E-state index is -4.58. The fourth-order valence-corrected chi connectivity index (χ4v) is 1.71. The lowest BCUT2D eigenvalue weighted by atomic mass is 10.1. The van der Waals surface area contributed by atoms with E-state index < -0.39 is 30.2 Å². The first-order valence-electron chi connectivity index (χ1n) is 5.38. The molecule has 0 aromatic heterocycles. The third-order valence-electron chi connectivity index (χ3n) is 2.43. The molecule has 1 N–H and O–H groups in total. The fourth-order valence-electron chi connectivity index (χ4n) is 1.71. The Morgan fingerprint density at radius 3 is 2.45 bits per heavy atom. The van der Waals surface area contributed by atoms with Crippen molar-refractivity contribution in [3.63, 3.8) is 0 Å². The summed E-state index contributed by atoms with van der Waals surface area (Å²) in [6.07, 6.45) is -4.58. The van der Waals surface area contributed by atoms with Gasteiger partial charge in [-0.3, -0.25) is 14.9 Å². The highest BCUT2D eigenvalue weighted by molar-refractivity contribution is 5.74. The minimum Gasteiger partial charge on any atom is -0.480 e. The lowest BCUT2D eigenvalue weighted by Gasteiger charge is -2.25. The summed E-state index contributed by atoms with van der Waals surface area (Å²) in [7, 11) is 0. The monoisotopic (exact) mass is 292 g/mol.